The quantitative estimate of drug-likeness (QED) is 0.709. The molecule has 1 aromatic carbocycles. The topological polar surface area (TPSA) is 56.2 Å². The molecule has 0 saturated heterocycles. The Balaban J connectivity index is 1.66. The van der Waals surface area contributed by atoms with E-state index in [1.54, 1.807) is 12.1 Å². The average Bonchev–Trinajstić information content (AvgIpc) is 3.32. The number of nitrogens with zero attached hydrogens (tertiary/aromatic N) is 2. The van der Waals surface area contributed by atoms with Gasteiger partial charge in [-0.2, -0.15) is 18.3 Å². The lowest BCUT2D eigenvalue weighted by atomic mass is 10.2. The summed E-state index contributed by atoms with van der Waals surface area (Å²) in [4.78, 5) is 12.3. The van der Waals surface area contributed by atoms with E-state index in [4.69, 9.17) is 4.74 Å². The Kier molecular flexibility index (Phi) is 5.84. The molecule has 8 heteroatoms. The molecule has 0 spiro atoms. The zero-order valence-electron chi connectivity index (χ0n) is 15.1. The van der Waals surface area contributed by atoms with Gasteiger partial charge in [0.1, 0.15) is 0 Å². The summed E-state index contributed by atoms with van der Waals surface area (Å²) >= 11 is 0. The molecule has 0 aliphatic heterocycles. The highest BCUT2D eigenvalue weighted by atomic mass is 19.4. The number of aryl methyl sites for hydroxylation is 1. The summed E-state index contributed by atoms with van der Waals surface area (Å²) in [7, 11) is 0. The molecule has 1 N–H and O–H groups in total. The van der Waals surface area contributed by atoms with E-state index in [9.17, 15) is 18.0 Å². The number of halogens is 3. The third-order valence-corrected chi connectivity index (χ3v) is 4.36. The lowest BCUT2D eigenvalue weighted by Gasteiger charge is -2.13. The van der Waals surface area contributed by atoms with Crippen LogP contribution in [0.3, 0.4) is 0 Å². The van der Waals surface area contributed by atoms with Crippen LogP contribution in [-0.2, 0) is 10.9 Å². The maximum atomic E-state index is 13.6. The smallest absolute Gasteiger partial charge is 0.381 e. The van der Waals surface area contributed by atoms with Crippen molar-refractivity contribution in [3.05, 3.63) is 47.3 Å². The first-order valence-electron chi connectivity index (χ1n) is 8.94. The minimum atomic E-state index is -4.71. The van der Waals surface area contributed by atoms with E-state index in [1.165, 1.54) is 25.0 Å². The molecule has 146 valence electrons. The molecule has 1 saturated carbocycles. The van der Waals surface area contributed by atoms with Crippen LogP contribution in [0.15, 0.2) is 30.5 Å². The monoisotopic (exact) mass is 381 g/mol. The summed E-state index contributed by atoms with van der Waals surface area (Å²) in [5, 5.41) is 6.32. The Morgan fingerprint density at radius 3 is 2.63 bits per heavy atom. The van der Waals surface area contributed by atoms with Gasteiger partial charge in [0.05, 0.1) is 17.4 Å². The van der Waals surface area contributed by atoms with Crippen molar-refractivity contribution >= 4 is 5.91 Å². The summed E-state index contributed by atoms with van der Waals surface area (Å²) in [5.74, 6) is -0.135. The minimum Gasteiger partial charge on any atom is -0.381 e. The molecular formula is C19H22F3N3O2. The van der Waals surface area contributed by atoms with Crippen molar-refractivity contribution in [1.82, 2.24) is 15.1 Å². The highest BCUT2D eigenvalue weighted by Gasteiger charge is 2.40. The van der Waals surface area contributed by atoms with E-state index in [0.29, 0.717) is 18.9 Å². The summed E-state index contributed by atoms with van der Waals surface area (Å²) in [5.41, 5.74) is -0.391. The second-order valence-corrected chi connectivity index (χ2v) is 6.78. The molecular weight excluding hydrogens is 359 g/mol. The molecule has 27 heavy (non-hydrogen) atoms. The maximum absolute atomic E-state index is 13.6. The highest BCUT2D eigenvalue weighted by molar-refractivity contribution is 5.95. The third kappa shape index (κ3) is 5.09. The second-order valence-electron chi connectivity index (χ2n) is 6.78. The SMILES string of the molecule is Cc1ccc(-n2ncc(C(=O)NCCCOCC3CC3)c2C(F)(F)F)cc1. The number of alkyl halides is 3. The first kappa shape index (κ1) is 19.4. The predicted molar refractivity (Wildman–Crippen MR) is 93.8 cm³/mol. The van der Waals surface area contributed by atoms with Crippen molar-refractivity contribution < 1.29 is 22.7 Å². The van der Waals surface area contributed by atoms with Crippen LogP contribution in [0.5, 0.6) is 0 Å². The van der Waals surface area contributed by atoms with Gasteiger partial charge in [0, 0.05) is 19.8 Å². The molecule has 0 unspecified atom stereocenters. The van der Waals surface area contributed by atoms with Crippen molar-refractivity contribution in [1.29, 1.82) is 0 Å². The summed E-state index contributed by atoms with van der Waals surface area (Å²) in [6.45, 7) is 3.28. The molecule has 1 fully saturated rings. The standard InChI is InChI=1S/C19H22F3N3O2/c1-13-3-7-15(8-4-13)25-17(19(20,21)22)16(11-24-25)18(26)23-9-2-10-27-12-14-5-6-14/h3-4,7-8,11,14H,2,5-6,9-10,12H2,1H3,(H,23,26). The molecule has 3 rings (SSSR count). The minimum absolute atomic E-state index is 0.247. The number of rotatable bonds is 8. The molecule has 1 aromatic heterocycles. The summed E-state index contributed by atoms with van der Waals surface area (Å²) < 4.78 is 46.9. The van der Waals surface area contributed by atoms with Crippen LogP contribution < -0.4 is 5.32 Å². The molecule has 0 atom stereocenters. The van der Waals surface area contributed by atoms with Gasteiger partial charge in [-0.1, -0.05) is 17.7 Å². The number of benzene rings is 1. The Morgan fingerprint density at radius 1 is 1.30 bits per heavy atom. The lowest BCUT2D eigenvalue weighted by molar-refractivity contribution is -0.143. The second kappa shape index (κ2) is 8.12. The predicted octanol–water partition coefficient (Wildman–Crippen LogP) is 3.75. The van der Waals surface area contributed by atoms with Crippen LogP contribution in [0.25, 0.3) is 5.69 Å². The van der Waals surface area contributed by atoms with Crippen LogP contribution in [-0.4, -0.2) is 35.4 Å². The van der Waals surface area contributed by atoms with Gasteiger partial charge in [-0.3, -0.25) is 4.79 Å². The number of amides is 1. The summed E-state index contributed by atoms with van der Waals surface area (Å²) in [6, 6.07) is 6.46. The largest absolute Gasteiger partial charge is 0.434 e. The van der Waals surface area contributed by atoms with Crippen LogP contribution >= 0.6 is 0 Å². The number of hydrogen-bond acceptors (Lipinski definition) is 3. The first-order chi connectivity index (χ1) is 12.9. The normalized spacial score (nSPS) is 14.4. The fourth-order valence-electron chi connectivity index (χ4n) is 2.68. The number of carbonyl (C=O) groups is 1. The molecule has 1 aliphatic rings. The molecule has 0 bridgehead atoms. The molecule has 1 heterocycles. The lowest BCUT2D eigenvalue weighted by Crippen LogP contribution is -2.28. The van der Waals surface area contributed by atoms with Gasteiger partial charge in [0.15, 0.2) is 5.69 Å². The van der Waals surface area contributed by atoms with Crippen molar-refractivity contribution in [2.45, 2.75) is 32.4 Å². The third-order valence-electron chi connectivity index (χ3n) is 4.36. The highest BCUT2D eigenvalue weighted by Crippen LogP contribution is 2.33. The number of hydrogen-bond donors (Lipinski definition) is 1. The van der Waals surface area contributed by atoms with Gasteiger partial charge in [0.25, 0.3) is 5.91 Å². The zero-order valence-corrected chi connectivity index (χ0v) is 15.1. The zero-order chi connectivity index (χ0) is 19.4. The van der Waals surface area contributed by atoms with Gasteiger partial charge in [0.2, 0.25) is 0 Å². The van der Waals surface area contributed by atoms with E-state index < -0.39 is 23.3 Å². The van der Waals surface area contributed by atoms with Crippen molar-refractivity contribution in [2.24, 2.45) is 5.92 Å². The first-order valence-corrected chi connectivity index (χ1v) is 8.94. The average molecular weight is 381 g/mol. The molecule has 5 nitrogen and oxygen atoms in total. The molecule has 1 aliphatic carbocycles. The van der Waals surface area contributed by atoms with E-state index in [2.05, 4.69) is 10.4 Å². The Labute approximate surface area is 155 Å². The van der Waals surface area contributed by atoms with Crippen molar-refractivity contribution in [3.8, 4) is 5.69 Å². The Hall–Kier alpha value is -2.35. The Bertz CT molecular complexity index is 780. The molecule has 1 amide bonds. The van der Waals surface area contributed by atoms with Gasteiger partial charge < -0.3 is 10.1 Å². The van der Waals surface area contributed by atoms with Crippen LogP contribution in [0.1, 0.15) is 40.9 Å². The molecule has 0 radical (unpaired) electrons. The number of nitrogens with one attached hydrogen (secondary N) is 1. The number of aromatic nitrogens is 2. The van der Waals surface area contributed by atoms with Crippen LogP contribution in [0.2, 0.25) is 0 Å². The van der Waals surface area contributed by atoms with E-state index in [1.807, 2.05) is 6.92 Å². The van der Waals surface area contributed by atoms with Crippen molar-refractivity contribution in [3.63, 3.8) is 0 Å². The maximum Gasteiger partial charge on any atom is 0.434 e. The van der Waals surface area contributed by atoms with E-state index in [0.717, 1.165) is 23.0 Å². The fourth-order valence-corrected chi connectivity index (χ4v) is 2.68. The number of carbonyl (C=O) groups excluding carboxylic acids is 1. The van der Waals surface area contributed by atoms with Crippen molar-refractivity contribution in [2.75, 3.05) is 19.8 Å². The van der Waals surface area contributed by atoms with E-state index >= 15 is 0 Å². The number of ether oxygens (including phenoxy) is 1. The van der Waals surface area contributed by atoms with Crippen LogP contribution in [0, 0.1) is 12.8 Å². The van der Waals surface area contributed by atoms with Gasteiger partial charge in [-0.15, -0.1) is 0 Å². The summed E-state index contributed by atoms with van der Waals surface area (Å²) in [6.07, 6.45) is -0.807. The van der Waals surface area contributed by atoms with E-state index in [-0.39, 0.29) is 12.2 Å². The van der Waals surface area contributed by atoms with Gasteiger partial charge >= 0.3 is 6.18 Å². The Morgan fingerprint density at radius 2 is 2.00 bits per heavy atom. The molecule has 2 aromatic rings. The van der Waals surface area contributed by atoms with Gasteiger partial charge in [-0.25, -0.2) is 4.68 Å². The van der Waals surface area contributed by atoms with Gasteiger partial charge in [-0.05, 0) is 44.2 Å². The fraction of sp³-hybridized carbons (Fsp3) is 0.474. The van der Waals surface area contributed by atoms with Crippen LogP contribution in [0.4, 0.5) is 13.2 Å².